The van der Waals surface area contributed by atoms with Crippen LogP contribution < -0.4 is 10.1 Å². The molecule has 1 amide bonds. The van der Waals surface area contributed by atoms with Gasteiger partial charge in [0.05, 0.1) is 19.3 Å². The number of nitrogens with zero attached hydrogens (tertiary/aromatic N) is 1. The largest absolute Gasteiger partial charge is 0.573 e. The molecule has 1 fully saturated rings. The number of halogens is 4. The van der Waals surface area contributed by atoms with E-state index in [2.05, 4.69) is 15.0 Å². The molecule has 2 aromatic rings. The Labute approximate surface area is 165 Å². The summed E-state index contributed by atoms with van der Waals surface area (Å²) in [6, 6.07) is 10.6. The predicted molar refractivity (Wildman–Crippen MR) is 97.0 cm³/mol. The van der Waals surface area contributed by atoms with E-state index in [1.807, 2.05) is 0 Å². The molecular weight excluding hydrogens is 392 g/mol. The number of alkyl halides is 3. The second kappa shape index (κ2) is 9.23. The Morgan fingerprint density at radius 1 is 1.07 bits per heavy atom. The molecule has 9 heteroatoms. The fourth-order valence-electron chi connectivity index (χ4n) is 3.13. The van der Waals surface area contributed by atoms with Crippen LogP contribution in [0.2, 0.25) is 0 Å². The maximum absolute atomic E-state index is 13.3. The Morgan fingerprint density at radius 3 is 2.28 bits per heavy atom. The SMILES string of the molecule is O=C(NCC(c1ccc(F)cc1)N1CCOCC1)c1ccc(OC(F)(F)F)cc1. The van der Waals surface area contributed by atoms with E-state index in [9.17, 15) is 22.4 Å². The molecular formula is C20H20F4N2O3. The molecule has 0 bridgehead atoms. The molecule has 1 N–H and O–H groups in total. The van der Waals surface area contributed by atoms with Crippen LogP contribution in [0.15, 0.2) is 48.5 Å². The number of benzene rings is 2. The van der Waals surface area contributed by atoms with Crippen LogP contribution in [0.4, 0.5) is 17.6 Å². The molecule has 1 atom stereocenters. The number of carbonyl (C=O) groups is 1. The van der Waals surface area contributed by atoms with Gasteiger partial charge in [0.15, 0.2) is 0 Å². The van der Waals surface area contributed by atoms with Gasteiger partial charge < -0.3 is 14.8 Å². The van der Waals surface area contributed by atoms with Crippen molar-refractivity contribution in [2.45, 2.75) is 12.4 Å². The summed E-state index contributed by atoms with van der Waals surface area (Å²) in [6.45, 7) is 2.71. The maximum atomic E-state index is 13.3. The lowest BCUT2D eigenvalue weighted by Gasteiger charge is -2.35. The van der Waals surface area contributed by atoms with Crippen molar-refractivity contribution in [3.63, 3.8) is 0 Å². The van der Waals surface area contributed by atoms with Gasteiger partial charge >= 0.3 is 6.36 Å². The summed E-state index contributed by atoms with van der Waals surface area (Å²) >= 11 is 0. The van der Waals surface area contributed by atoms with Crippen molar-refractivity contribution in [3.8, 4) is 5.75 Å². The van der Waals surface area contributed by atoms with Gasteiger partial charge in [-0.05, 0) is 42.0 Å². The minimum absolute atomic E-state index is 0.184. The lowest BCUT2D eigenvalue weighted by molar-refractivity contribution is -0.274. The first-order chi connectivity index (χ1) is 13.8. The second-order valence-corrected chi connectivity index (χ2v) is 6.50. The molecule has 2 aromatic carbocycles. The average molecular weight is 412 g/mol. The third kappa shape index (κ3) is 6.16. The van der Waals surface area contributed by atoms with Crippen LogP contribution in [0.3, 0.4) is 0 Å². The summed E-state index contributed by atoms with van der Waals surface area (Å²) in [5, 5.41) is 2.80. The Hall–Kier alpha value is -2.65. The number of hydrogen-bond donors (Lipinski definition) is 1. The van der Waals surface area contributed by atoms with Gasteiger partial charge in [-0.25, -0.2) is 4.39 Å². The lowest BCUT2D eigenvalue weighted by atomic mass is 10.0. The van der Waals surface area contributed by atoms with Crippen LogP contribution in [0.5, 0.6) is 5.75 Å². The van der Waals surface area contributed by atoms with Crippen molar-refractivity contribution in [1.82, 2.24) is 10.2 Å². The van der Waals surface area contributed by atoms with Gasteiger partial charge in [0.1, 0.15) is 11.6 Å². The highest BCUT2D eigenvalue weighted by Gasteiger charge is 2.31. The van der Waals surface area contributed by atoms with Crippen LogP contribution >= 0.6 is 0 Å². The quantitative estimate of drug-likeness (QED) is 0.738. The standard InChI is InChI=1S/C20H20F4N2O3/c21-16-5-1-14(2-6-16)18(26-9-11-28-12-10-26)13-25-19(27)15-3-7-17(8-4-15)29-20(22,23)24/h1-8,18H,9-13H2,(H,25,27). The van der Waals surface area contributed by atoms with E-state index in [4.69, 9.17) is 4.74 Å². The number of ether oxygens (including phenoxy) is 2. The van der Waals surface area contributed by atoms with Gasteiger partial charge in [-0.2, -0.15) is 0 Å². The average Bonchev–Trinajstić information content (AvgIpc) is 2.69. The number of hydrogen-bond acceptors (Lipinski definition) is 4. The molecule has 29 heavy (non-hydrogen) atoms. The van der Waals surface area contributed by atoms with Gasteiger partial charge in [0, 0.05) is 25.2 Å². The summed E-state index contributed by atoms with van der Waals surface area (Å²) < 4.78 is 59.1. The highest BCUT2D eigenvalue weighted by molar-refractivity contribution is 5.94. The van der Waals surface area contributed by atoms with Crippen LogP contribution in [-0.4, -0.2) is 50.0 Å². The summed E-state index contributed by atoms with van der Waals surface area (Å²) in [6.07, 6.45) is -4.79. The predicted octanol–water partition coefficient (Wildman–Crippen LogP) is 3.53. The van der Waals surface area contributed by atoms with Crippen LogP contribution in [0.25, 0.3) is 0 Å². The zero-order valence-electron chi connectivity index (χ0n) is 15.4. The van der Waals surface area contributed by atoms with Crippen molar-refractivity contribution in [1.29, 1.82) is 0 Å². The molecule has 3 rings (SSSR count). The van der Waals surface area contributed by atoms with Gasteiger partial charge in [-0.3, -0.25) is 9.69 Å². The van der Waals surface area contributed by atoms with Crippen molar-refractivity contribution in [3.05, 3.63) is 65.5 Å². The van der Waals surface area contributed by atoms with Crippen molar-refractivity contribution < 1.29 is 31.8 Å². The first-order valence-electron chi connectivity index (χ1n) is 9.03. The van der Waals surface area contributed by atoms with E-state index >= 15 is 0 Å². The van der Waals surface area contributed by atoms with E-state index < -0.39 is 18.0 Å². The monoisotopic (exact) mass is 412 g/mol. The van der Waals surface area contributed by atoms with Crippen LogP contribution in [0.1, 0.15) is 22.0 Å². The van der Waals surface area contributed by atoms with E-state index in [0.717, 1.165) is 17.7 Å². The first-order valence-corrected chi connectivity index (χ1v) is 9.03. The molecule has 0 saturated carbocycles. The smallest absolute Gasteiger partial charge is 0.406 e. The van der Waals surface area contributed by atoms with Gasteiger partial charge in [-0.15, -0.1) is 13.2 Å². The number of nitrogens with one attached hydrogen (secondary N) is 1. The summed E-state index contributed by atoms with van der Waals surface area (Å²) in [4.78, 5) is 14.6. The Morgan fingerprint density at radius 2 is 1.69 bits per heavy atom. The summed E-state index contributed by atoms with van der Waals surface area (Å²) in [7, 11) is 0. The molecule has 1 saturated heterocycles. The minimum atomic E-state index is -4.79. The third-order valence-corrected chi connectivity index (χ3v) is 4.55. The molecule has 5 nitrogen and oxygen atoms in total. The number of carbonyl (C=O) groups excluding carboxylic acids is 1. The van der Waals surface area contributed by atoms with Crippen molar-refractivity contribution >= 4 is 5.91 Å². The molecule has 0 spiro atoms. The zero-order valence-corrected chi connectivity index (χ0v) is 15.4. The van der Waals surface area contributed by atoms with E-state index in [0.29, 0.717) is 26.3 Å². The summed E-state index contributed by atoms with van der Waals surface area (Å²) in [5.74, 6) is -1.17. The second-order valence-electron chi connectivity index (χ2n) is 6.50. The lowest BCUT2D eigenvalue weighted by Crippen LogP contribution is -2.43. The van der Waals surface area contributed by atoms with E-state index in [1.165, 1.54) is 24.3 Å². The van der Waals surface area contributed by atoms with Crippen molar-refractivity contribution in [2.24, 2.45) is 0 Å². The van der Waals surface area contributed by atoms with Gasteiger partial charge in [0.25, 0.3) is 5.91 Å². The number of amides is 1. The molecule has 1 heterocycles. The third-order valence-electron chi connectivity index (χ3n) is 4.55. The van der Waals surface area contributed by atoms with Crippen LogP contribution in [0, 0.1) is 5.82 Å². The molecule has 0 aromatic heterocycles. The molecule has 1 aliphatic rings. The van der Waals surface area contributed by atoms with Gasteiger partial charge in [0.2, 0.25) is 0 Å². The highest BCUT2D eigenvalue weighted by Crippen LogP contribution is 2.24. The molecule has 0 radical (unpaired) electrons. The zero-order chi connectivity index (χ0) is 20.9. The normalized spacial score (nSPS) is 16.3. The first kappa shape index (κ1) is 21.1. The van der Waals surface area contributed by atoms with Crippen LogP contribution in [-0.2, 0) is 4.74 Å². The molecule has 1 unspecified atom stereocenters. The minimum Gasteiger partial charge on any atom is -0.406 e. The maximum Gasteiger partial charge on any atom is 0.573 e. The van der Waals surface area contributed by atoms with Gasteiger partial charge in [-0.1, -0.05) is 12.1 Å². The fraction of sp³-hybridized carbons (Fsp3) is 0.350. The highest BCUT2D eigenvalue weighted by atomic mass is 19.4. The Kier molecular flexibility index (Phi) is 6.71. The Bertz CT molecular complexity index is 804. The van der Waals surface area contributed by atoms with E-state index in [-0.39, 0.29) is 24.0 Å². The van der Waals surface area contributed by atoms with E-state index in [1.54, 1.807) is 12.1 Å². The fourth-order valence-corrected chi connectivity index (χ4v) is 3.13. The molecule has 1 aliphatic heterocycles. The topological polar surface area (TPSA) is 50.8 Å². The number of rotatable bonds is 6. The Balaban J connectivity index is 1.66. The van der Waals surface area contributed by atoms with Crippen molar-refractivity contribution in [2.75, 3.05) is 32.8 Å². The molecule has 156 valence electrons. The molecule has 0 aliphatic carbocycles. The summed E-state index contributed by atoms with van der Waals surface area (Å²) in [5.41, 5.74) is 1.06. The number of morpholine rings is 1.